The van der Waals surface area contributed by atoms with Crippen molar-refractivity contribution in [2.45, 2.75) is 20.3 Å². The van der Waals surface area contributed by atoms with E-state index in [-0.39, 0.29) is 11.7 Å². The third-order valence-corrected chi connectivity index (χ3v) is 5.75. The monoisotopic (exact) mass is 340 g/mol. The number of aromatic nitrogens is 1. The lowest BCUT2D eigenvalue weighted by Crippen LogP contribution is -2.49. The van der Waals surface area contributed by atoms with Gasteiger partial charge in [-0.1, -0.05) is 6.92 Å². The van der Waals surface area contributed by atoms with Crippen LogP contribution in [0.15, 0.2) is 18.3 Å². The first kappa shape index (κ1) is 17.7. The van der Waals surface area contributed by atoms with Crippen LogP contribution in [-0.2, 0) is 10.0 Å². The largest absolute Gasteiger partial charge is 0.354 e. The van der Waals surface area contributed by atoms with Crippen LogP contribution in [0, 0.1) is 0 Å². The summed E-state index contributed by atoms with van der Waals surface area (Å²) in [5.74, 6) is 0.780. The Balaban J connectivity index is 1.95. The van der Waals surface area contributed by atoms with Gasteiger partial charge in [-0.25, -0.2) is 13.4 Å². The van der Waals surface area contributed by atoms with Crippen LogP contribution in [0.5, 0.6) is 0 Å². The molecule has 8 heteroatoms. The predicted molar refractivity (Wildman–Crippen MR) is 90.1 cm³/mol. The van der Waals surface area contributed by atoms with Gasteiger partial charge in [0.25, 0.3) is 5.91 Å². The zero-order valence-corrected chi connectivity index (χ0v) is 14.5. The van der Waals surface area contributed by atoms with E-state index in [1.807, 2.05) is 17.9 Å². The van der Waals surface area contributed by atoms with Crippen molar-refractivity contribution in [2.24, 2.45) is 0 Å². The molecular weight excluding hydrogens is 316 g/mol. The van der Waals surface area contributed by atoms with Crippen molar-refractivity contribution < 1.29 is 13.2 Å². The van der Waals surface area contributed by atoms with Crippen molar-refractivity contribution in [1.29, 1.82) is 0 Å². The number of amides is 1. The van der Waals surface area contributed by atoms with Crippen LogP contribution in [-0.4, -0.2) is 62.1 Å². The van der Waals surface area contributed by atoms with E-state index in [2.05, 4.69) is 10.3 Å². The number of sulfonamides is 1. The lowest BCUT2D eigenvalue weighted by Gasteiger charge is -2.34. The van der Waals surface area contributed by atoms with Gasteiger partial charge in [0.1, 0.15) is 5.82 Å². The number of anilines is 1. The first-order valence-electron chi connectivity index (χ1n) is 7.95. The molecule has 7 nitrogen and oxygen atoms in total. The summed E-state index contributed by atoms with van der Waals surface area (Å²) in [5.41, 5.74) is 0.536. The van der Waals surface area contributed by atoms with Crippen molar-refractivity contribution in [1.82, 2.24) is 14.6 Å². The smallest absolute Gasteiger partial charge is 0.252 e. The molecule has 1 saturated heterocycles. The number of rotatable bonds is 6. The summed E-state index contributed by atoms with van der Waals surface area (Å²) in [5, 5.41) is 2.81. The van der Waals surface area contributed by atoms with Crippen LogP contribution < -0.4 is 10.2 Å². The van der Waals surface area contributed by atoms with Gasteiger partial charge < -0.3 is 10.2 Å². The molecule has 0 bridgehead atoms. The van der Waals surface area contributed by atoms with E-state index in [1.54, 1.807) is 19.2 Å². The Morgan fingerprint density at radius 2 is 1.91 bits per heavy atom. The first-order chi connectivity index (χ1) is 11.0. The number of carbonyl (C=O) groups excluding carboxylic acids is 1. The van der Waals surface area contributed by atoms with Crippen LogP contribution in [0.1, 0.15) is 30.6 Å². The molecule has 1 N–H and O–H groups in total. The maximum Gasteiger partial charge on any atom is 0.252 e. The molecule has 0 spiro atoms. The Hall–Kier alpha value is -1.67. The zero-order chi connectivity index (χ0) is 16.9. The highest BCUT2D eigenvalue weighted by molar-refractivity contribution is 7.89. The molecule has 0 radical (unpaired) electrons. The third kappa shape index (κ3) is 4.42. The molecule has 0 aliphatic carbocycles. The molecule has 1 aromatic heterocycles. The van der Waals surface area contributed by atoms with Gasteiger partial charge in [-0.2, -0.15) is 4.31 Å². The van der Waals surface area contributed by atoms with Gasteiger partial charge >= 0.3 is 0 Å². The molecule has 0 saturated carbocycles. The normalized spacial score (nSPS) is 16.3. The summed E-state index contributed by atoms with van der Waals surface area (Å²) < 4.78 is 25.2. The highest BCUT2D eigenvalue weighted by Crippen LogP contribution is 2.16. The molecule has 1 aliphatic heterocycles. The van der Waals surface area contributed by atoms with Crippen molar-refractivity contribution in [3.8, 4) is 0 Å². The number of nitrogens with zero attached hydrogens (tertiary/aromatic N) is 3. The standard InChI is InChI=1S/C15H24N4O3S/c1-3-7-16-15(20)13-5-6-14(17-12-13)18-8-10-19(11-9-18)23(21,22)4-2/h5-6,12H,3-4,7-11H2,1-2H3,(H,16,20). The molecule has 1 aliphatic rings. The minimum absolute atomic E-state index is 0.121. The Morgan fingerprint density at radius 1 is 1.22 bits per heavy atom. The van der Waals surface area contributed by atoms with Crippen LogP contribution in [0.2, 0.25) is 0 Å². The predicted octanol–water partition coefficient (Wildman–Crippen LogP) is 0.693. The molecule has 1 aromatic rings. The maximum absolute atomic E-state index is 11.9. The van der Waals surface area contributed by atoms with E-state index in [9.17, 15) is 13.2 Å². The van der Waals surface area contributed by atoms with Crippen LogP contribution in [0.3, 0.4) is 0 Å². The molecular formula is C15H24N4O3S. The Labute approximate surface area is 137 Å². The lowest BCUT2D eigenvalue weighted by molar-refractivity contribution is 0.0953. The van der Waals surface area contributed by atoms with Gasteiger partial charge in [0, 0.05) is 38.9 Å². The number of piperazine rings is 1. The number of hydrogen-bond donors (Lipinski definition) is 1. The van der Waals surface area contributed by atoms with Crippen molar-refractivity contribution >= 4 is 21.7 Å². The second-order valence-electron chi connectivity index (χ2n) is 5.45. The number of carbonyl (C=O) groups is 1. The van der Waals surface area contributed by atoms with Gasteiger partial charge in [0.2, 0.25) is 10.0 Å². The van der Waals surface area contributed by atoms with E-state index in [0.717, 1.165) is 12.2 Å². The van der Waals surface area contributed by atoms with Gasteiger partial charge in [-0.3, -0.25) is 4.79 Å². The summed E-state index contributed by atoms with van der Waals surface area (Å²) in [7, 11) is -3.12. The Morgan fingerprint density at radius 3 is 2.43 bits per heavy atom. The molecule has 128 valence electrons. The molecule has 0 unspecified atom stereocenters. The second-order valence-corrected chi connectivity index (χ2v) is 7.71. The molecule has 2 heterocycles. The average Bonchev–Trinajstić information content (AvgIpc) is 2.60. The molecule has 0 atom stereocenters. The SMILES string of the molecule is CCCNC(=O)c1ccc(N2CCN(S(=O)(=O)CC)CC2)nc1. The molecule has 1 fully saturated rings. The Bertz CT molecular complexity index is 623. The fraction of sp³-hybridized carbons (Fsp3) is 0.600. The minimum Gasteiger partial charge on any atom is -0.354 e. The number of pyridine rings is 1. The molecule has 2 rings (SSSR count). The van der Waals surface area contributed by atoms with Gasteiger partial charge in [0.05, 0.1) is 11.3 Å². The summed E-state index contributed by atoms with van der Waals surface area (Å²) in [6.45, 7) is 6.45. The highest BCUT2D eigenvalue weighted by atomic mass is 32.2. The summed E-state index contributed by atoms with van der Waals surface area (Å²) in [6.07, 6.45) is 2.46. The average molecular weight is 340 g/mol. The van der Waals surface area contributed by atoms with Crippen LogP contribution in [0.4, 0.5) is 5.82 Å². The zero-order valence-electron chi connectivity index (χ0n) is 13.7. The molecule has 1 amide bonds. The third-order valence-electron chi connectivity index (χ3n) is 3.87. The number of nitrogens with one attached hydrogen (secondary N) is 1. The fourth-order valence-electron chi connectivity index (χ4n) is 2.43. The number of hydrogen-bond acceptors (Lipinski definition) is 5. The summed E-state index contributed by atoms with van der Waals surface area (Å²) >= 11 is 0. The van der Waals surface area contributed by atoms with Crippen LogP contribution in [0.25, 0.3) is 0 Å². The van der Waals surface area contributed by atoms with E-state index in [0.29, 0.717) is 38.3 Å². The lowest BCUT2D eigenvalue weighted by atomic mass is 10.2. The molecule has 23 heavy (non-hydrogen) atoms. The van der Waals surface area contributed by atoms with E-state index in [1.165, 1.54) is 4.31 Å². The van der Waals surface area contributed by atoms with Gasteiger partial charge in [0.15, 0.2) is 0 Å². The van der Waals surface area contributed by atoms with E-state index < -0.39 is 10.0 Å². The minimum atomic E-state index is -3.12. The summed E-state index contributed by atoms with van der Waals surface area (Å²) in [6, 6.07) is 3.56. The summed E-state index contributed by atoms with van der Waals surface area (Å²) in [4.78, 5) is 18.2. The molecule has 0 aromatic carbocycles. The quantitative estimate of drug-likeness (QED) is 0.824. The van der Waals surface area contributed by atoms with Crippen molar-refractivity contribution in [3.63, 3.8) is 0 Å². The highest BCUT2D eigenvalue weighted by Gasteiger charge is 2.25. The second kappa shape index (κ2) is 7.74. The fourth-order valence-corrected chi connectivity index (χ4v) is 3.51. The Kier molecular flexibility index (Phi) is 5.95. The van der Waals surface area contributed by atoms with Crippen LogP contribution >= 0.6 is 0 Å². The van der Waals surface area contributed by atoms with E-state index in [4.69, 9.17) is 0 Å². The first-order valence-corrected chi connectivity index (χ1v) is 9.56. The van der Waals surface area contributed by atoms with Crippen molar-refractivity contribution in [2.75, 3.05) is 43.4 Å². The van der Waals surface area contributed by atoms with Crippen molar-refractivity contribution in [3.05, 3.63) is 23.9 Å². The maximum atomic E-state index is 11.9. The topological polar surface area (TPSA) is 82.6 Å². The van der Waals surface area contributed by atoms with Gasteiger partial charge in [-0.15, -0.1) is 0 Å². The van der Waals surface area contributed by atoms with Gasteiger partial charge in [-0.05, 0) is 25.5 Å². The van der Waals surface area contributed by atoms with E-state index >= 15 is 0 Å².